The maximum atomic E-state index is 13.5. The lowest BCUT2D eigenvalue weighted by Gasteiger charge is -2.24. The number of carbonyl (C=O) groups excluding carboxylic acids is 2. The van der Waals surface area contributed by atoms with Gasteiger partial charge in [0.05, 0.1) is 54.2 Å². The van der Waals surface area contributed by atoms with Gasteiger partial charge in [0.2, 0.25) is 10.0 Å². The van der Waals surface area contributed by atoms with Crippen LogP contribution in [0.5, 0.6) is 5.75 Å². The largest absolute Gasteiger partial charge is 0.492 e. The van der Waals surface area contributed by atoms with E-state index >= 15 is 0 Å². The van der Waals surface area contributed by atoms with Crippen LogP contribution in [0.2, 0.25) is 0 Å². The molecule has 0 atom stereocenters. The van der Waals surface area contributed by atoms with Crippen LogP contribution >= 0.6 is 0 Å². The van der Waals surface area contributed by atoms with Crippen molar-refractivity contribution in [2.24, 2.45) is 7.05 Å². The summed E-state index contributed by atoms with van der Waals surface area (Å²) in [6, 6.07) is 8.74. The van der Waals surface area contributed by atoms with Crippen molar-refractivity contribution in [2.75, 3.05) is 28.4 Å². The van der Waals surface area contributed by atoms with Crippen molar-refractivity contribution >= 4 is 45.0 Å². The highest BCUT2D eigenvalue weighted by atomic mass is 32.2. The molecule has 2 heterocycles. The van der Waals surface area contributed by atoms with Crippen molar-refractivity contribution in [3.63, 3.8) is 0 Å². The van der Waals surface area contributed by atoms with Crippen molar-refractivity contribution in [1.29, 1.82) is 0 Å². The average molecular weight is 568 g/mol. The summed E-state index contributed by atoms with van der Waals surface area (Å²) in [6.45, 7) is 7.88. The molecule has 4 N–H and O–H groups in total. The van der Waals surface area contributed by atoms with E-state index in [1.165, 1.54) is 7.11 Å². The number of ether oxygens (including phenoxy) is 1. The minimum Gasteiger partial charge on any atom is -0.492 e. The quantitative estimate of drug-likeness (QED) is 0.301. The van der Waals surface area contributed by atoms with Gasteiger partial charge < -0.3 is 14.6 Å². The molecule has 1 amide bonds. The summed E-state index contributed by atoms with van der Waals surface area (Å²) in [5.74, 6) is 0.0874. The lowest BCUT2D eigenvalue weighted by molar-refractivity contribution is 0.102. The number of hydrogen-bond acceptors (Lipinski definition) is 9. The van der Waals surface area contributed by atoms with E-state index in [2.05, 4.69) is 26.0 Å². The predicted octanol–water partition coefficient (Wildman–Crippen LogP) is 3.30. The summed E-state index contributed by atoms with van der Waals surface area (Å²) in [5.41, 5.74) is 10.5. The van der Waals surface area contributed by atoms with Gasteiger partial charge in [0.25, 0.3) is 5.91 Å². The van der Waals surface area contributed by atoms with Gasteiger partial charge in [-0.15, -0.1) is 5.53 Å². The molecule has 40 heavy (non-hydrogen) atoms. The molecule has 0 spiro atoms. The second kappa shape index (κ2) is 10.7. The number of amides is 1. The van der Waals surface area contributed by atoms with Crippen molar-refractivity contribution in [1.82, 2.24) is 20.5 Å². The molecule has 0 aliphatic carbocycles. The Hall–Kier alpha value is -4.36. The zero-order chi connectivity index (χ0) is 29.4. The summed E-state index contributed by atoms with van der Waals surface area (Å²) >= 11 is 0. The van der Waals surface area contributed by atoms with Crippen LogP contribution in [0.25, 0.3) is 5.70 Å². The van der Waals surface area contributed by atoms with Gasteiger partial charge in [-0.1, -0.05) is 26.8 Å². The van der Waals surface area contributed by atoms with Gasteiger partial charge in [0.1, 0.15) is 0 Å². The standard InChI is InChI=1S/C27H33N7O5S/c1-16-8-9-17(10-22(16)34-14-21(30-32-34)23-13-28-24(15-35)33(23)5)26(36)29-19-11-18(27(2,3)4)12-20(25(19)39-6)31-40(7,37)38/h8-15,30-32H,1-7H3,(H,29,36). The van der Waals surface area contributed by atoms with Crippen LogP contribution < -0.4 is 30.7 Å². The maximum absolute atomic E-state index is 13.5. The number of carbonyl (C=O) groups is 2. The van der Waals surface area contributed by atoms with Crippen molar-refractivity contribution < 1.29 is 22.7 Å². The number of sulfonamides is 1. The monoisotopic (exact) mass is 567 g/mol. The molecule has 4 rings (SSSR count). The fraction of sp³-hybridized carbons (Fsp3) is 0.296. The highest BCUT2D eigenvalue weighted by Gasteiger charge is 2.24. The Kier molecular flexibility index (Phi) is 7.63. The molecule has 1 aliphatic heterocycles. The Balaban J connectivity index is 1.67. The van der Waals surface area contributed by atoms with Crippen molar-refractivity contribution in [3.05, 3.63) is 70.9 Å². The van der Waals surface area contributed by atoms with Crippen molar-refractivity contribution in [2.45, 2.75) is 33.1 Å². The van der Waals surface area contributed by atoms with E-state index in [-0.39, 0.29) is 16.9 Å². The number of nitrogens with one attached hydrogen (secondary N) is 4. The van der Waals surface area contributed by atoms with Gasteiger partial charge in [-0.2, -0.15) is 0 Å². The molecule has 1 aromatic heterocycles. The first-order chi connectivity index (χ1) is 18.7. The minimum absolute atomic E-state index is 0.197. The van der Waals surface area contributed by atoms with Gasteiger partial charge in [0.15, 0.2) is 17.9 Å². The van der Waals surface area contributed by atoms with Crippen LogP contribution in [0.4, 0.5) is 17.1 Å². The summed E-state index contributed by atoms with van der Waals surface area (Å²) < 4.78 is 33.7. The molecule has 0 bridgehead atoms. The fourth-order valence-corrected chi connectivity index (χ4v) is 4.76. The number of nitrogens with zero attached hydrogens (tertiary/aromatic N) is 3. The van der Waals surface area contributed by atoms with Gasteiger partial charge in [-0.25, -0.2) is 13.4 Å². The van der Waals surface area contributed by atoms with Crippen LogP contribution in [0.3, 0.4) is 0 Å². The van der Waals surface area contributed by atoms with E-state index < -0.39 is 15.9 Å². The number of hydrogen-bond donors (Lipinski definition) is 4. The Morgan fingerprint density at radius 3 is 2.45 bits per heavy atom. The third-order valence-corrected chi connectivity index (χ3v) is 7.00. The first kappa shape index (κ1) is 28.6. The normalized spacial score (nSPS) is 13.5. The summed E-state index contributed by atoms with van der Waals surface area (Å²) in [7, 11) is -0.451. The number of aromatic nitrogens is 2. The Bertz CT molecular complexity index is 1620. The number of aryl methyl sites for hydroxylation is 1. The number of anilines is 3. The number of rotatable bonds is 8. The molecule has 0 saturated carbocycles. The highest BCUT2D eigenvalue weighted by molar-refractivity contribution is 7.92. The van der Waals surface area contributed by atoms with Crippen LogP contribution in [0.15, 0.2) is 42.7 Å². The van der Waals surface area contributed by atoms with E-state index in [9.17, 15) is 18.0 Å². The third kappa shape index (κ3) is 5.95. The number of aldehydes is 1. The molecule has 1 aliphatic rings. The molecule has 0 radical (unpaired) electrons. The van der Waals surface area contributed by atoms with Crippen LogP contribution in [0.1, 0.15) is 58.6 Å². The van der Waals surface area contributed by atoms with Crippen LogP contribution in [-0.2, 0) is 22.5 Å². The second-order valence-corrected chi connectivity index (χ2v) is 12.3. The minimum atomic E-state index is -3.61. The molecule has 3 aromatic rings. The Morgan fingerprint density at radius 1 is 1.15 bits per heavy atom. The topological polar surface area (TPSA) is 147 Å². The molecule has 13 heteroatoms. The highest BCUT2D eigenvalue weighted by Crippen LogP contribution is 2.39. The predicted molar refractivity (Wildman–Crippen MR) is 155 cm³/mol. The summed E-state index contributed by atoms with van der Waals surface area (Å²) in [4.78, 5) is 28.7. The SMILES string of the molecule is COc1c(NC(=O)c2ccc(C)c(N3C=C(c4cnc(C=O)n4C)NN3)c2)cc(C(C)(C)C)cc1NS(C)(=O)=O. The molecular weight excluding hydrogens is 534 g/mol. The van der Waals surface area contributed by atoms with Gasteiger partial charge in [-0.3, -0.25) is 24.7 Å². The molecule has 0 unspecified atom stereocenters. The molecule has 212 valence electrons. The van der Waals surface area contributed by atoms with E-state index in [0.717, 1.165) is 17.4 Å². The van der Waals surface area contributed by atoms with Crippen LogP contribution in [0, 0.1) is 6.92 Å². The van der Waals surface area contributed by atoms with Gasteiger partial charge >= 0.3 is 0 Å². The van der Waals surface area contributed by atoms with E-state index in [4.69, 9.17) is 4.74 Å². The fourth-order valence-electron chi connectivity index (χ4n) is 4.21. The van der Waals surface area contributed by atoms with Gasteiger partial charge in [-0.05, 0) is 47.7 Å². The Morgan fingerprint density at radius 2 is 1.85 bits per heavy atom. The smallest absolute Gasteiger partial charge is 0.255 e. The molecule has 0 saturated heterocycles. The lowest BCUT2D eigenvalue weighted by atomic mass is 9.86. The summed E-state index contributed by atoms with van der Waals surface area (Å²) in [6.07, 6.45) is 5.13. The van der Waals surface area contributed by atoms with Crippen molar-refractivity contribution in [3.8, 4) is 5.75 Å². The first-order valence-corrected chi connectivity index (χ1v) is 14.2. The molecule has 0 fully saturated rings. The van der Waals surface area contributed by atoms with E-state index in [1.807, 2.05) is 33.8 Å². The molecular formula is C27H33N7O5S. The van der Waals surface area contributed by atoms with E-state index in [0.29, 0.717) is 40.4 Å². The van der Waals surface area contributed by atoms with Crippen LogP contribution in [-0.4, -0.2) is 43.5 Å². The maximum Gasteiger partial charge on any atom is 0.255 e. The van der Waals surface area contributed by atoms with Gasteiger partial charge in [0, 0.05) is 12.6 Å². The zero-order valence-electron chi connectivity index (χ0n) is 23.4. The second-order valence-electron chi connectivity index (χ2n) is 10.5. The number of benzene rings is 2. The third-order valence-electron chi connectivity index (χ3n) is 6.41. The molecule has 2 aromatic carbocycles. The first-order valence-electron chi connectivity index (χ1n) is 12.3. The Labute approximate surface area is 233 Å². The number of methoxy groups -OCH3 is 1. The molecule has 12 nitrogen and oxygen atoms in total. The average Bonchev–Trinajstić information content (AvgIpc) is 3.49. The van der Waals surface area contributed by atoms with E-state index in [1.54, 1.807) is 53.3 Å². The number of hydrazine groups is 2. The summed E-state index contributed by atoms with van der Waals surface area (Å²) in [5, 5.41) is 4.62. The zero-order valence-corrected chi connectivity index (χ0v) is 24.2. The number of imidazole rings is 1. The lowest BCUT2D eigenvalue weighted by Crippen LogP contribution is -2.36.